The quantitative estimate of drug-likeness (QED) is 0.692. The van der Waals surface area contributed by atoms with E-state index in [4.69, 9.17) is 11.6 Å². The molecule has 142 valence electrons. The van der Waals surface area contributed by atoms with Crippen molar-refractivity contribution in [3.05, 3.63) is 53.2 Å². The lowest BCUT2D eigenvalue weighted by Gasteiger charge is -2.09. The second-order valence-corrected chi connectivity index (χ2v) is 8.27. The fourth-order valence-corrected chi connectivity index (χ4v) is 3.71. The normalized spacial score (nSPS) is 11.9. The number of aromatic nitrogens is 2. The molecule has 3 rings (SSSR count). The van der Waals surface area contributed by atoms with Crippen molar-refractivity contribution < 1.29 is 22.0 Å². The molecule has 1 N–H and O–H groups in total. The molecule has 1 heterocycles. The van der Waals surface area contributed by atoms with Gasteiger partial charge in [0.15, 0.2) is 9.84 Å². The number of sulfone groups is 1. The van der Waals surface area contributed by atoms with E-state index in [1.807, 2.05) is 0 Å². The zero-order chi connectivity index (χ0) is 19.8. The molecule has 10 heteroatoms. The Labute approximate surface area is 158 Å². The molecule has 0 spiro atoms. The van der Waals surface area contributed by atoms with Gasteiger partial charge in [-0.25, -0.2) is 13.1 Å². The maximum atomic E-state index is 12.9. The van der Waals surface area contributed by atoms with Crippen LogP contribution in [-0.4, -0.2) is 30.4 Å². The molecule has 1 amide bonds. The van der Waals surface area contributed by atoms with Gasteiger partial charge in [-0.05, 0) is 23.8 Å². The van der Waals surface area contributed by atoms with Gasteiger partial charge in [0, 0.05) is 28.5 Å². The highest BCUT2D eigenvalue weighted by Gasteiger charge is 2.19. The Hall–Kier alpha value is -2.52. The van der Waals surface area contributed by atoms with Crippen LogP contribution in [0.5, 0.6) is 0 Å². The number of amides is 1. The van der Waals surface area contributed by atoms with Crippen molar-refractivity contribution in [3.8, 4) is 0 Å². The van der Waals surface area contributed by atoms with Crippen LogP contribution in [0.25, 0.3) is 10.9 Å². The average molecular weight is 414 g/mol. The highest BCUT2D eigenvalue weighted by atomic mass is 35.5. The molecule has 1 aromatic heterocycles. The maximum Gasteiger partial charge on any atom is 0.333 e. The van der Waals surface area contributed by atoms with Crippen molar-refractivity contribution in [1.82, 2.24) is 9.78 Å². The molecule has 0 aliphatic rings. The largest absolute Gasteiger partial charge is 0.333 e. The molecule has 0 fully saturated rings. The molecule has 0 aliphatic carbocycles. The van der Waals surface area contributed by atoms with Crippen LogP contribution in [0, 0.1) is 0 Å². The first-order valence-electron chi connectivity index (χ1n) is 7.69. The van der Waals surface area contributed by atoms with Crippen molar-refractivity contribution in [2.24, 2.45) is 0 Å². The van der Waals surface area contributed by atoms with E-state index in [-0.39, 0.29) is 27.9 Å². The van der Waals surface area contributed by atoms with Crippen LogP contribution in [0.3, 0.4) is 0 Å². The molecule has 0 unspecified atom stereocenters. The summed E-state index contributed by atoms with van der Waals surface area (Å²) in [6.45, 7) is -2.91. The first-order chi connectivity index (χ1) is 12.6. The van der Waals surface area contributed by atoms with E-state index >= 15 is 0 Å². The number of carbonyl (C=O) groups is 1. The maximum absolute atomic E-state index is 12.9. The molecule has 0 radical (unpaired) electrons. The third-order valence-corrected chi connectivity index (χ3v) is 5.30. The number of nitrogens with zero attached hydrogens (tertiary/aromatic N) is 2. The van der Waals surface area contributed by atoms with Crippen LogP contribution in [0.15, 0.2) is 47.5 Å². The minimum absolute atomic E-state index is 0.0304. The van der Waals surface area contributed by atoms with Gasteiger partial charge < -0.3 is 5.32 Å². The summed E-state index contributed by atoms with van der Waals surface area (Å²) in [5.41, 5.74) is 0.772. The van der Waals surface area contributed by atoms with Crippen molar-refractivity contribution in [3.63, 3.8) is 0 Å². The summed E-state index contributed by atoms with van der Waals surface area (Å²) in [7, 11) is -3.74. The zero-order valence-corrected chi connectivity index (χ0v) is 15.6. The van der Waals surface area contributed by atoms with E-state index in [2.05, 4.69) is 10.4 Å². The van der Waals surface area contributed by atoms with E-state index in [1.54, 1.807) is 24.3 Å². The number of anilines is 1. The van der Waals surface area contributed by atoms with Gasteiger partial charge >= 0.3 is 6.55 Å². The minimum atomic E-state index is -3.74. The smallest absolute Gasteiger partial charge is 0.326 e. The predicted octanol–water partition coefficient (Wildman–Crippen LogP) is 3.67. The van der Waals surface area contributed by atoms with Crippen LogP contribution in [-0.2, 0) is 21.1 Å². The van der Waals surface area contributed by atoms with Crippen molar-refractivity contribution in [2.75, 3.05) is 11.6 Å². The molecule has 0 saturated carbocycles. The van der Waals surface area contributed by atoms with Gasteiger partial charge in [0.05, 0.1) is 16.8 Å². The topological polar surface area (TPSA) is 81.1 Å². The van der Waals surface area contributed by atoms with Gasteiger partial charge in [-0.15, -0.1) is 0 Å². The third-order valence-electron chi connectivity index (χ3n) is 3.80. The summed E-state index contributed by atoms with van der Waals surface area (Å²) >= 11 is 6.02. The number of rotatable bonds is 5. The molecule has 0 aliphatic heterocycles. The second-order valence-electron chi connectivity index (χ2n) is 5.88. The van der Waals surface area contributed by atoms with Gasteiger partial charge in [0.25, 0.3) is 0 Å². The minimum Gasteiger partial charge on any atom is -0.326 e. The second kappa shape index (κ2) is 7.24. The number of fused-ring (bicyclic) bond motifs is 1. The van der Waals surface area contributed by atoms with Gasteiger partial charge in [-0.3, -0.25) is 4.79 Å². The third kappa shape index (κ3) is 4.25. The van der Waals surface area contributed by atoms with Crippen LogP contribution < -0.4 is 5.32 Å². The fraction of sp³-hybridized carbons (Fsp3) is 0.176. The monoisotopic (exact) mass is 413 g/mol. The lowest BCUT2D eigenvalue weighted by Crippen LogP contribution is -2.15. The van der Waals surface area contributed by atoms with Gasteiger partial charge in [0.1, 0.15) is 0 Å². The van der Waals surface area contributed by atoms with Gasteiger partial charge in [-0.2, -0.15) is 13.9 Å². The molecular weight excluding hydrogens is 400 g/mol. The molecule has 6 nitrogen and oxygen atoms in total. The number of alkyl halides is 2. The molecule has 0 saturated heterocycles. The standard InChI is InChI=1S/C17H14ClF2N3O3S/c1-27(25,26)15-8-11(7-14-12(15)9-23(22-14)17(19)20)21-16(24)6-10-4-2-3-5-13(10)18/h2-5,7-9,17H,6H2,1H3,(H,21,24). The van der Waals surface area contributed by atoms with Crippen molar-refractivity contribution >= 4 is 43.9 Å². The fourth-order valence-electron chi connectivity index (χ4n) is 2.61. The van der Waals surface area contributed by atoms with Crippen LogP contribution in [0.2, 0.25) is 5.02 Å². The molecule has 3 aromatic rings. The number of hydrogen-bond donors (Lipinski definition) is 1. The summed E-state index contributed by atoms with van der Waals surface area (Å²) in [6, 6.07) is 9.37. The van der Waals surface area contributed by atoms with Crippen LogP contribution in [0.1, 0.15) is 12.1 Å². The number of carbonyl (C=O) groups excluding carboxylic acids is 1. The van der Waals surface area contributed by atoms with Gasteiger partial charge in [-0.1, -0.05) is 29.8 Å². The van der Waals surface area contributed by atoms with Crippen LogP contribution in [0.4, 0.5) is 14.5 Å². The zero-order valence-electron chi connectivity index (χ0n) is 14.0. The summed E-state index contributed by atoms with van der Waals surface area (Å²) in [5.74, 6) is -0.435. The van der Waals surface area contributed by atoms with E-state index in [0.717, 1.165) is 12.5 Å². The number of hydrogen-bond acceptors (Lipinski definition) is 4. The van der Waals surface area contributed by atoms with Crippen molar-refractivity contribution in [1.29, 1.82) is 0 Å². The molecule has 27 heavy (non-hydrogen) atoms. The Morgan fingerprint density at radius 2 is 2.00 bits per heavy atom. The number of benzene rings is 2. The van der Waals surface area contributed by atoms with E-state index in [1.165, 1.54) is 12.1 Å². The Kier molecular flexibility index (Phi) is 5.16. The Balaban J connectivity index is 1.97. The number of halogens is 3. The SMILES string of the molecule is CS(=O)(=O)c1cc(NC(=O)Cc2ccccc2Cl)cc2nn(C(F)F)cc12. The first kappa shape index (κ1) is 19.2. The highest BCUT2D eigenvalue weighted by molar-refractivity contribution is 7.91. The average Bonchev–Trinajstić information content (AvgIpc) is 2.99. The first-order valence-corrected chi connectivity index (χ1v) is 9.96. The Bertz CT molecular complexity index is 1130. The Morgan fingerprint density at radius 1 is 1.30 bits per heavy atom. The Morgan fingerprint density at radius 3 is 2.63 bits per heavy atom. The van der Waals surface area contributed by atoms with E-state index in [0.29, 0.717) is 15.3 Å². The number of nitrogens with one attached hydrogen (secondary N) is 1. The summed E-state index contributed by atoms with van der Waals surface area (Å²) < 4.78 is 50.2. The van der Waals surface area contributed by atoms with Gasteiger partial charge in [0.2, 0.25) is 5.91 Å². The van der Waals surface area contributed by atoms with E-state index in [9.17, 15) is 22.0 Å². The lowest BCUT2D eigenvalue weighted by molar-refractivity contribution is -0.115. The highest BCUT2D eigenvalue weighted by Crippen LogP contribution is 2.28. The summed E-state index contributed by atoms with van der Waals surface area (Å²) in [6.07, 6.45) is 1.89. The van der Waals surface area contributed by atoms with Crippen molar-refractivity contribution in [2.45, 2.75) is 17.9 Å². The predicted molar refractivity (Wildman–Crippen MR) is 97.9 cm³/mol. The molecule has 2 aromatic carbocycles. The summed E-state index contributed by atoms with van der Waals surface area (Å²) in [5, 5.41) is 6.73. The molecular formula is C17H14ClF2N3O3S. The lowest BCUT2D eigenvalue weighted by atomic mass is 10.1. The molecule has 0 atom stereocenters. The summed E-state index contributed by atoms with van der Waals surface area (Å²) in [4.78, 5) is 12.1. The van der Waals surface area contributed by atoms with E-state index < -0.39 is 22.3 Å². The van der Waals surface area contributed by atoms with Crippen LogP contribution >= 0.6 is 11.6 Å². The molecule has 0 bridgehead atoms.